The second kappa shape index (κ2) is 12.3. The highest BCUT2D eigenvalue weighted by Gasteiger charge is 2.23. The number of benzene rings is 2. The van der Waals surface area contributed by atoms with Crippen molar-refractivity contribution in [3.63, 3.8) is 0 Å². The van der Waals surface area contributed by atoms with Gasteiger partial charge in [-0.2, -0.15) is 0 Å². The molecule has 8 nitrogen and oxygen atoms in total. The minimum absolute atomic E-state index is 0.0243. The number of primary amides is 1. The van der Waals surface area contributed by atoms with Crippen LogP contribution in [0.2, 0.25) is 5.02 Å². The topological polar surface area (TPSA) is 115 Å². The lowest BCUT2D eigenvalue weighted by atomic mass is 10.1. The lowest BCUT2D eigenvalue weighted by Crippen LogP contribution is -2.41. The monoisotopic (exact) mass is 518 g/mol. The first-order valence-electron chi connectivity index (χ1n) is 11.1. The molecular formula is C25H25ClF2N4O4. The molecule has 3 aromatic rings. The van der Waals surface area contributed by atoms with Crippen molar-refractivity contribution in [2.45, 2.75) is 31.7 Å². The van der Waals surface area contributed by atoms with Crippen LogP contribution in [0.25, 0.3) is 10.8 Å². The van der Waals surface area contributed by atoms with E-state index in [1.54, 1.807) is 12.1 Å². The van der Waals surface area contributed by atoms with E-state index in [-0.39, 0.29) is 49.0 Å². The number of anilines is 1. The number of likely N-dealkylation sites (N-methyl/N-ethyl adjacent to an activating group) is 1. The van der Waals surface area contributed by atoms with Crippen LogP contribution in [0.4, 0.5) is 19.4 Å². The third-order valence-corrected chi connectivity index (χ3v) is 6.05. The molecule has 3 N–H and O–H groups in total. The maximum absolute atomic E-state index is 13.6. The van der Waals surface area contributed by atoms with Crippen LogP contribution in [0.3, 0.4) is 0 Å². The zero-order valence-corrected chi connectivity index (χ0v) is 20.2. The van der Waals surface area contributed by atoms with Gasteiger partial charge in [0.2, 0.25) is 11.8 Å². The molecule has 3 amide bonds. The van der Waals surface area contributed by atoms with Crippen molar-refractivity contribution in [3.8, 4) is 0 Å². The predicted octanol–water partition coefficient (Wildman–Crippen LogP) is 4.44. The maximum atomic E-state index is 13.6. The summed E-state index contributed by atoms with van der Waals surface area (Å²) >= 11 is 5.95. The third kappa shape index (κ3) is 7.35. The molecule has 1 aromatic heterocycles. The Balaban J connectivity index is 1.60. The van der Waals surface area contributed by atoms with Crippen molar-refractivity contribution in [1.82, 2.24) is 9.88 Å². The summed E-state index contributed by atoms with van der Waals surface area (Å²) in [6.07, 6.45) is 1.01. The highest BCUT2D eigenvalue weighted by atomic mass is 35.5. The molecule has 0 bridgehead atoms. The number of nitrogens with zero attached hydrogens (tertiary/aromatic N) is 2. The zero-order chi connectivity index (χ0) is 26.2. The van der Waals surface area contributed by atoms with Crippen molar-refractivity contribution in [2.24, 2.45) is 5.73 Å². The number of rotatable bonds is 10. The van der Waals surface area contributed by atoms with Crippen molar-refractivity contribution < 1.29 is 27.9 Å². The molecular weight excluding hydrogens is 494 g/mol. The average molecular weight is 519 g/mol. The van der Waals surface area contributed by atoms with E-state index in [0.717, 1.165) is 0 Å². The molecule has 0 saturated carbocycles. The van der Waals surface area contributed by atoms with Gasteiger partial charge in [0.05, 0.1) is 11.1 Å². The number of carbonyl (C=O) groups is 3. The highest BCUT2D eigenvalue weighted by Crippen LogP contribution is 2.22. The second-order valence-corrected chi connectivity index (χ2v) is 8.54. The number of halogens is 3. The SMILES string of the molecule is CN(C(=O)CCc1cccc(F)c1Cl)[C@@H](CCC(N)=O)COC(=O)Nc1cc2cc(F)ccc2cn1. The van der Waals surface area contributed by atoms with Gasteiger partial charge in [-0.1, -0.05) is 23.7 Å². The molecule has 0 fully saturated rings. The number of aromatic nitrogens is 1. The van der Waals surface area contributed by atoms with Crippen LogP contribution < -0.4 is 11.1 Å². The van der Waals surface area contributed by atoms with Gasteiger partial charge in [0.15, 0.2) is 0 Å². The molecule has 0 aliphatic carbocycles. The van der Waals surface area contributed by atoms with Crippen LogP contribution in [-0.2, 0) is 20.7 Å². The molecule has 1 atom stereocenters. The number of amides is 3. The summed E-state index contributed by atoms with van der Waals surface area (Å²) in [7, 11) is 1.52. The van der Waals surface area contributed by atoms with E-state index in [9.17, 15) is 23.2 Å². The van der Waals surface area contributed by atoms with Crippen molar-refractivity contribution in [1.29, 1.82) is 0 Å². The summed E-state index contributed by atoms with van der Waals surface area (Å²) in [6.45, 7) is -0.218. The van der Waals surface area contributed by atoms with Gasteiger partial charge >= 0.3 is 6.09 Å². The van der Waals surface area contributed by atoms with Crippen molar-refractivity contribution in [2.75, 3.05) is 19.0 Å². The van der Waals surface area contributed by atoms with Crippen LogP contribution >= 0.6 is 11.6 Å². The Kier molecular flexibility index (Phi) is 9.13. The van der Waals surface area contributed by atoms with E-state index in [1.165, 1.54) is 48.5 Å². The number of fused-ring (bicyclic) bond motifs is 1. The Morgan fingerprint density at radius 2 is 1.92 bits per heavy atom. The first-order valence-corrected chi connectivity index (χ1v) is 11.5. The molecule has 0 unspecified atom stereocenters. The minimum Gasteiger partial charge on any atom is -0.447 e. The number of nitrogens with one attached hydrogen (secondary N) is 1. The minimum atomic E-state index is -0.838. The Hall–Kier alpha value is -3.79. The lowest BCUT2D eigenvalue weighted by molar-refractivity contribution is -0.133. The number of ether oxygens (including phenoxy) is 1. The summed E-state index contributed by atoms with van der Waals surface area (Å²) in [6, 6.07) is 9.41. The van der Waals surface area contributed by atoms with E-state index in [4.69, 9.17) is 22.1 Å². The second-order valence-electron chi connectivity index (χ2n) is 8.16. The molecule has 0 saturated heterocycles. The molecule has 36 heavy (non-hydrogen) atoms. The molecule has 190 valence electrons. The molecule has 1 heterocycles. The quantitative estimate of drug-likeness (QED) is 0.412. The fraction of sp³-hybridized carbons (Fsp3) is 0.280. The molecule has 0 spiro atoms. The molecule has 0 aliphatic rings. The molecule has 11 heteroatoms. The van der Waals surface area contributed by atoms with Gasteiger partial charge in [0.25, 0.3) is 0 Å². The van der Waals surface area contributed by atoms with E-state index >= 15 is 0 Å². The number of carbonyl (C=O) groups excluding carboxylic acids is 3. The lowest BCUT2D eigenvalue weighted by Gasteiger charge is -2.28. The zero-order valence-electron chi connectivity index (χ0n) is 19.5. The molecule has 0 aliphatic heterocycles. The largest absolute Gasteiger partial charge is 0.447 e. The van der Waals surface area contributed by atoms with Gasteiger partial charge in [-0.3, -0.25) is 14.9 Å². The number of nitrogens with two attached hydrogens (primary N) is 1. The molecule has 0 radical (unpaired) electrons. The van der Waals surface area contributed by atoms with Gasteiger partial charge in [-0.25, -0.2) is 18.6 Å². The average Bonchev–Trinajstić information content (AvgIpc) is 2.84. The van der Waals surface area contributed by atoms with Crippen molar-refractivity contribution >= 4 is 46.1 Å². The van der Waals surface area contributed by atoms with Crippen LogP contribution in [0.1, 0.15) is 24.8 Å². The first kappa shape index (κ1) is 26.8. The summed E-state index contributed by atoms with van der Waals surface area (Å²) in [5.41, 5.74) is 5.74. The Morgan fingerprint density at radius 3 is 2.67 bits per heavy atom. The number of pyridine rings is 1. The Bertz CT molecular complexity index is 1270. The van der Waals surface area contributed by atoms with Gasteiger partial charge in [-0.05, 0) is 54.1 Å². The maximum Gasteiger partial charge on any atom is 0.412 e. The van der Waals surface area contributed by atoms with Gasteiger partial charge in [-0.15, -0.1) is 0 Å². The highest BCUT2D eigenvalue weighted by molar-refractivity contribution is 6.31. The number of hydrogen-bond acceptors (Lipinski definition) is 5. The van der Waals surface area contributed by atoms with Gasteiger partial charge in [0, 0.05) is 31.5 Å². The summed E-state index contributed by atoms with van der Waals surface area (Å²) in [4.78, 5) is 41.9. The molecule has 3 rings (SSSR count). The normalized spacial score (nSPS) is 11.7. The van der Waals surface area contributed by atoms with Gasteiger partial charge < -0.3 is 15.4 Å². The fourth-order valence-electron chi connectivity index (χ4n) is 3.55. The van der Waals surface area contributed by atoms with E-state index in [2.05, 4.69) is 10.3 Å². The Morgan fingerprint density at radius 1 is 1.14 bits per heavy atom. The van der Waals surface area contributed by atoms with Crippen LogP contribution in [0.15, 0.2) is 48.7 Å². The third-order valence-electron chi connectivity index (χ3n) is 5.63. The number of aryl methyl sites for hydroxylation is 1. The number of hydrogen-bond donors (Lipinski definition) is 2. The van der Waals surface area contributed by atoms with Crippen LogP contribution in [-0.4, -0.2) is 47.5 Å². The van der Waals surface area contributed by atoms with E-state index < -0.39 is 29.7 Å². The van der Waals surface area contributed by atoms with Gasteiger partial charge in [0.1, 0.15) is 24.1 Å². The summed E-state index contributed by atoms with van der Waals surface area (Å²) < 4.78 is 32.4. The van der Waals surface area contributed by atoms with Crippen LogP contribution in [0, 0.1) is 11.6 Å². The molecule has 2 aromatic carbocycles. The van der Waals surface area contributed by atoms with Crippen LogP contribution in [0.5, 0.6) is 0 Å². The van der Waals surface area contributed by atoms with Crippen molar-refractivity contribution in [3.05, 3.63) is 70.9 Å². The van der Waals surface area contributed by atoms with E-state index in [1.807, 2.05) is 0 Å². The summed E-state index contributed by atoms with van der Waals surface area (Å²) in [5, 5.41) is 3.66. The fourth-order valence-corrected chi connectivity index (χ4v) is 3.77. The summed E-state index contributed by atoms with van der Waals surface area (Å²) in [5.74, 6) is -1.72. The Labute approximate surface area is 211 Å². The smallest absolute Gasteiger partial charge is 0.412 e. The standard InChI is InChI=1S/C25H25ClF2N4O4/c1-32(23(34)10-6-15-3-2-4-20(28)24(15)26)19(8-9-21(29)33)14-36-25(35)31-22-12-17-11-18(27)7-5-16(17)13-30-22/h2-5,7,11-13,19H,6,8-10,14H2,1H3,(H2,29,33)(H,30,31,35)/t19-/m0/s1. The predicted molar refractivity (Wildman–Crippen MR) is 131 cm³/mol. The van der Waals surface area contributed by atoms with E-state index in [0.29, 0.717) is 16.3 Å². The first-order chi connectivity index (χ1) is 17.1.